The van der Waals surface area contributed by atoms with E-state index in [0.29, 0.717) is 11.1 Å². The number of carbonyl (C=O) groups is 1. The molecule has 2 N–H and O–H groups in total. The van der Waals surface area contributed by atoms with Crippen molar-refractivity contribution in [2.75, 3.05) is 0 Å². The first-order chi connectivity index (χ1) is 11.5. The lowest BCUT2D eigenvalue weighted by Gasteiger charge is -2.12. The third-order valence-corrected chi connectivity index (χ3v) is 3.30. The first kappa shape index (κ1) is 16.9. The minimum Gasteiger partial charge on any atom is -0.652 e. The second kappa shape index (κ2) is 7.69. The van der Waals surface area contributed by atoms with Crippen molar-refractivity contribution in [2.45, 2.75) is 0 Å². The summed E-state index contributed by atoms with van der Waals surface area (Å²) in [5, 5.41) is 37.2. The van der Waals surface area contributed by atoms with Gasteiger partial charge >= 0.3 is 0 Å². The predicted molar refractivity (Wildman–Crippen MR) is 86.0 cm³/mol. The standard InChI is InChI=1S/C18H14O2.CH2O3/c19-16-12-11-15(13-7-3-1-4-8-13)18(20)17(16)14-9-5-2-6-10-14;2-1(3)4/h1-12,19-20H;(H2,2,3,4)/p-2. The van der Waals surface area contributed by atoms with E-state index >= 15 is 0 Å². The fraction of sp³-hybridized carbons (Fsp3) is 0. The van der Waals surface area contributed by atoms with Crippen molar-refractivity contribution in [3.05, 3.63) is 72.8 Å². The zero-order valence-corrected chi connectivity index (χ0v) is 12.5. The van der Waals surface area contributed by atoms with Crippen LogP contribution in [0, 0.1) is 0 Å². The summed E-state index contributed by atoms with van der Waals surface area (Å²) in [7, 11) is 0. The first-order valence-corrected chi connectivity index (χ1v) is 7.04. The summed E-state index contributed by atoms with van der Waals surface area (Å²) in [4.78, 5) is 8.33. The van der Waals surface area contributed by atoms with Gasteiger partial charge in [-0.05, 0) is 29.4 Å². The Morgan fingerprint density at radius 3 is 1.67 bits per heavy atom. The molecular formula is C19H14O5-2. The summed E-state index contributed by atoms with van der Waals surface area (Å²) >= 11 is 0. The van der Waals surface area contributed by atoms with E-state index in [2.05, 4.69) is 0 Å². The summed E-state index contributed by atoms with van der Waals surface area (Å²) < 4.78 is 0. The topological polar surface area (TPSA) is 104 Å². The quantitative estimate of drug-likeness (QED) is 0.751. The van der Waals surface area contributed by atoms with Crippen molar-refractivity contribution in [2.24, 2.45) is 0 Å². The smallest absolute Gasteiger partial charge is 0.134 e. The first-order valence-electron chi connectivity index (χ1n) is 7.04. The van der Waals surface area contributed by atoms with Crippen LogP contribution in [0.5, 0.6) is 11.5 Å². The van der Waals surface area contributed by atoms with Gasteiger partial charge in [-0.25, -0.2) is 0 Å². The highest BCUT2D eigenvalue weighted by Crippen LogP contribution is 2.43. The zero-order chi connectivity index (χ0) is 17.5. The summed E-state index contributed by atoms with van der Waals surface area (Å²) in [6.45, 7) is 0. The SMILES string of the molecule is O=C([O-])[O-].Oc1ccc(-c2ccccc2)c(O)c1-c1ccccc1. The molecule has 24 heavy (non-hydrogen) atoms. The molecule has 0 aliphatic heterocycles. The number of hydrogen-bond donors (Lipinski definition) is 2. The van der Waals surface area contributed by atoms with Gasteiger partial charge < -0.3 is 25.2 Å². The molecule has 0 spiro atoms. The number of carbonyl (C=O) groups excluding carboxylic acids is 1. The monoisotopic (exact) mass is 322 g/mol. The molecule has 3 rings (SSSR count). The van der Waals surface area contributed by atoms with Gasteiger partial charge in [0.15, 0.2) is 0 Å². The van der Waals surface area contributed by atoms with Crippen LogP contribution in [-0.2, 0) is 0 Å². The molecule has 5 heteroatoms. The Morgan fingerprint density at radius 1 is 0.708 bits per heavy atom. The summed E-state index contributed by atoms with van der Waals surface area (Å²) in [5.74, 6) is 0.177. The molecule has 0 unspecified atom stereocenters. The van der Waals surface area contributed by atoms with Crippen molar-refractivity contribution in [1.29, 1.82) is 0 Å². The van der Waals surface area contributed by atoms with E-state index in [1.54, 1.807) is 12.1 Å². The molecule has 0 aromatic heterocycles. The molecule has 0 atom stereocenters. The molecule has 0 aliphatic rings. The number of rotatable bonds is 2. The van der Waals surface area contributed by atoms with Crippen LogP contribution in [0.1, 0.15) is 0 Å². The Labute approximate surface area is 138 Å². The van der Waals surface area contributed by atoms with Crippen molar-refractivity contribution in [1.82, 2.24) is 0 Å². The van der Waals surface area contributed by atoms with Crippen LogP contribution < -0.4 is 10.2 Å². The third-order valence-electron chi connectivity index (χ3n) is 3.30. The molecule has 0 heterocycles. The maximum atomic E-state index is 10.5. The second-order valence-corrected chi connectivity index (χ2v) is 4.84. The predicted octanol–water partition coefficient (Wildman–Crippen LogP) is 1.98. The Kier molecular flexibility index (Phi) is 5.41. The molecule has 5 nitrogen and oxygen atoms in total. The van der Waals surface area contributed by atoms with Gasteiger partial charge in [0.2, 0.25) is 0 Å². The van der Waals surface area contributed by atoms with Gasteiger partial charge in [0.25, 0.3) is 0 Å². The van der Waals surface area contributed by atoms with Crippen LogP contribution in [0.15, 0.2) is 72.8 Å². The second-order valence-electron chi connectivity index (χ2n) is 4.84. The van der Waals surface area contributed by atoms with Crippen molar-refractivity contribution < 1.29 is 25.2 Å². The van der Waals surface area contributed by atoms with Gasteiger partial charge in [-0.3, -0.25) is 0 Å². The Bertz CT molecular complexity index is 810. The van der Waals surface area contributed by atoms with Crippen molar-refractivity contribution >= 4 is 6.16 Å². The summed E-state index contributed by atoms with van der Waals surface area (Å²) in [6.07, 6.45) is -2.33. The molecule has 0 radical (unpaired) electrons. The van der Waals surface area contributed by atoms with Gasteiger partial charge in [0.1, 0.15) is 11.5 Å². The average molecular weight is 322 g/mol. The third kappa shape index (κ3) is 4.04. The van der Waals surface area contributed by atoms with E-state index in [1.165, 1.54) is 0 Å². The fourth-order valence-corrected chi connectivity index (χ4v) is 2.32. The van der Waals surface area contributed by atoms with E-state index in [0.717, 1.165) is 11.1 Å². The number of carboxylic acid groups (broad SMARTS) is 2. The minimum absolute atomic E-state index is 0.0772. The minimum atomic E-state index is -2.33. The number of aromatic hydroxyl groups is 2. The van der Waals surface area contributed by atoms with Crippen LogP contribution in [0.3, 0.4) is 0 Å². The van der Waals surface area contributed by atoms with E-state index in [9.17, 15) is 10.2 Å². The number of phenolic OH excluding ortho intramolecular Hbond substituents is 2. The molecule has 0 bridgehead atoms. The maximum Gasteiger partial charge on any atom is 0.134 e. The molecule has 3 aromatic rings. The molecule has 3 aromatic carbocycles. The van der Waals surface area contributed by atoms with Gasteiger partial charge in [0, 0.05) is 5.56 Å². The Hall–Kier alpha value is -3.47. The van der Waals surface area contributed by atoms with E-state index in [4.69, 9.17) is 15.0 Å². The zero-order valence-electron chi connectivity index (χ0n) is 12.5. The van der Waals surface area contributed by atoms with Gasteiger partial charge in [-0.15, -0.1) is 0 Å². The normalized spacial score (nSPS) is 9.67. The number of benzene rings is 3. The molecular weight excluding hydrogens is 308 g/mol. The van der Waals surface area contributed by atoms with Crippen LogP contribution in [0.4, 0.5) is 4.79 Å². The van der Waals surface area contributed by atoms with E-state index < -0.39 is 6.16 Å². The molecule has 0 saturated carbocycles. The summed E-state index contributed by atoms with van der Waals surface area (Å²) in [5.41, 5.74) is 2.89. The molecule has 0 fully saturated rings. The molecule has 122 valence electrons. The maximum absolute atomic E-state index is 10.5. The Morgan fingerprint density at radius 2 is 1.17 bits per heavy atom. The van der Waals surface area contributed by atoms with Gasteiger partial charge in [0.05, 0.1) is 5.56 Å². The largest absolute Gasteiger partial charge is 0.652 e. The highest BCUT2D eigenvalue weighted by molar-refractivity contribution is 5.85. The van der Waals surface area contributed by atoms with Crippen molar-refractivity contribution in [3.63, 3.8) is 0 Å². The summed E-state index contributed by atoms with van der Waals surface area (Å²) in [6, 6.07) is 22.4. The van der Waals surface area contributed by atoms with Crippen LogP contribution >= 0.6 is 0 Å². The molecule has 0 saturated heterocycles. The van der Waals surface area contributed by atoms with E-state index in [-0.39, 0.29) is 11.5 Å². The lowest BCUT2D eigenvalue weighted by atomic mass is 9.96. The van der Waals surface area contributed by atoms with E-state index in [1.807, 2.05) is 60.7 Å². The van der Waals surface area contributed by atoms with Gasteiger partial charge in [-0.1, -0.05) is 60.7 Å². The van der Waals surface area contributed by atoms with Gasteiger partial charge in [-0.2, -0.15) is 0 Å². The molecule has 0 amide bonds. The van der Waals surface area contributed by atoms with Crippen LogP contribution in [0.25, 0.3) is 22.3 Å². The highest BCUT2D eigenvalue weighted by atomic mass is 16.6. The average Bonchev–Trinajstić information content (AvgIpc) is 2.56. The number of phenols is 2. The molecule has 0 aliphatic carbocycles. The van der Waals surface area contributed by atoms with Crippen LogP contribution in [-0.4, -0.2) is 16.4 Å². The highest BCUT2D eigenvalue weighted by Gasteiger charge is 2.14. The number of hydrogen-bond acceptors (Lipinski definition) is 5. The van der Waals surface area contributed by atoms with Crippen LogP contribution in [0.2, 0.25) is 0 Å². The Balaban J connectivity index is 0.000000471. The van der Waals surface area contributed by atoms with Crippen molar-refractivity contribution in [3.8, 4) is 33.8 Å². The lowest BCUT2D eigenvalue weighted by Crippen LogP contribution is -2.37. The lowest BCUT2D eigenvalue weighted by molar-refractivity contribution is -0.415. The fourth-order valence-electron chi connectivity index (χ4n) is 2.32.